The van der Waals surface area contributed by atoms with Crippen LogP contribution in [0.4, 0.5) is 11.5 Å². The Labute approximate surface area is 362 Å². The summed E-state index contributed by atoms with van der Waals surface area (Å²) in [5.41, 5.74) is 0.929. The van der Waals surface area contributed by atoms with E-state index in [1.54, 1.807) is 26.1 Å². The van der Waals surface area contributed by atoms with Crippen LogP contribution in [0.5, 0.6) is 17.2 Å². The number of imide groups is 2. The predicted octanol–water partition coefficient (Wildman–Crippen LogP) is 8.34. The Kier molecular flexibility index (Phi) is 9.20. The van der Waals surface area contributed by atoms with Crippen LogP contribution in [0.25, 0.3) is 20.7 Å². The molecule has 3 N–H and O–H groups in total. The van der Waals surface area contributed by atoms with Gasteiger partial charge in [-0.3, -0.25) is 23.9 Å². The molecule has 13 nitrogen and oxygen atoms in total. The minimum Gasteiger partial charge on any atom is -0.507 e. The molecule has 17 heteroatoms. The first-order chi connectivity index (χ1) is 28.0. The monoisotopic (exact) mass is 962 g/mol. The van der Waals surface area contributed by atoms with Crippen molar-refractivity contribution in [1.29, 1.82) is 0 Å². The second kappa shape index (κ2) is 13.8. The molecule has 2 aliphatic carbocycles. The lowest BCUT2D eigenvalue weighted by Crippen LogP contribution is -2.49. The van der Waals surface area contributed by atoms with E-state index in [0.717, 1.165) is 37.6 Å². The number of carboxylic acids is 1. The number of hydrogen-bond acceptors (Lipinski definition) is 10. The normalized spacial score (nSPS) is 25.1. The maximum Gasteiger partial charge on any atom is 0.339 e. The summed E-state index contributed by atoms with van der Waals surface area (Å²) in [5, 5.41) is 37.3. The number of carbonyl (C=O) groups is 5. The number of amides is 4. The fourth-order valence-corrected chi connectivity index (χ4v) is 12.1. The molecule has 9 rings (SSSR count). The van der Waals surface area contributed by atoms with Crippen LogP contribution < -0.4 is 14.5 Å². The summed E-state index contributed by atoms with van der Waals surface area (Å²) in [7, 11) is 3.07. The molecule has 3 fully saturated rings. The molecule has 302 valence electrons. The van der Waals surface area contributed by atoms with Crippen LogP contribution in [-0.4, -0.2) is 61.8 Å². The number of anilines is 2. The molecule has 0 bridgehead atoms. The lowest BCUT2D eigenvalue weighted by Gasteiger charge is -2.49. The standard InChI is InChI=1S/C42H33Br2ClN4O9S/c1-16-22-11-17(45)5-10-29(22)59-36(16)26-15-30(47(3)46-26)49-38(53)25-13-23-19(32(42(25,2)41(49)57)24-14-28(58-4)35(51)34(44)33(24)43)8-9-21-31(23)39(54)48(37(21)52)18-6-7-20(40(55)56)27(50)12-18/h5-8,10-12,14-15,21,23,25,31-32,50-51H,9,13H2,1-4H3,(H,55,56). The SMILES string of the molecule is COc1cc(C2C3=CCC4C(=O)N(c5ccc(C(=O)O)c(O)c5)C(=O)C4C3CC3C(=O)N(c4cc(-c5sc6ccc(Cl)cc6c5C)nn4C)C(=O)C32C)c(Br)c(Br)c1O. The van der Waals surface area contributed by atoms with Crippen molar-refractivity contribution in [2.45, 2.75) is 32.6 Å². The zero-order chi connectivity index (χ0) is 42.1. The lowest BCUT2D eigenvalue weighted by atomic mass is 9.51. The van der Waals surface area contributed by atoms with Gasteiger partial charge in [0.1, 0.15) is 22.8 Å². The zero-order valence-corrected chi connectivity index (χ0v) is 36.4. The van der Waals surface area contributed by atoms with E-state index in [2.05, 4.69) is 31.9 Å². The van der Waals surface area contributed by atoms with Gasteiger partial charge in [-0.15, -0.1) is 11.3 Å². The third-order valence-corrected chi connectivity index (χ3v) is 16.4. The molecule has 4 aliphatic rings. The van der Waals surface area contributed by atoms with Gasteiger partial charge in [-0.1, -0.05) is 23.3 Å². The van der Waals surface area contributed by atoms with Gasteiger partial charge in [0.25, 0.3) is 0 Å². The summed E-state index contributed by atoms with van der Waals surface area (Å²) in [6.45, 7) is 3.73. The Morgan fingerprint density at radius 1 is 0.983 bits per heavy atom. The first kappa shape index (κ1) is 39.4. The van der Waals surface area contributed by atoms with E-state index in [9.17, 15) is 29.7 Å². The molecule has 2 aliphatic heterocycles. The number of rotatable bonds is 6. The highest BCUT2D eigenvalue weighted by Gasteiger charge is 2.68. The van der Waals surface area contributed by atoms with Crippen molar-refractivity contribution in [3.05, 3.63) is 90.8 Å². The molecule has 59 heavy (non-hydrogen) atoms. The smallest absolute Gasteiger partial charge is 0.339 e. The largest absolute Gasteiger partial charge is 0.507 e. The van der Waals surface area contributed by atoms with E-state index >= 15 is 9.59 Å². The number of phenols is 2. The number of carboxylic acid groups (broad SMARTS) is 1. The van der Waals surface area contributed by atoms with E-state index < -0.39 is 70.4 Å². The highest BCUT2D eigenvalue weighted by molar-refractivity contribution is 9.13. The summed E-state index contributed by atoms with van der Waals surface area (Å²) in [6, 6.07) is 12.5. The molecule has 6 unspecified atom stereocenters. The van der Waals surface area contributed by atoms with Gasteiger partial charge >= 0.3 is 5.97 Å². The first-order valence-corrected chi connectivity index (χ1v) is 21.3. The van der Waals surface area contributed by atoms with Gasteiger partial charge in [-0.25, -0.2) is 14.6 Å². The maximum absolute atomic E-state index is 15.3. The molecule has 1 saturated carbocycles. The van der Waals surface area contributed by atoms with Gasteiger partial charge in [0.05, 0.1) is 45.3 Å². The number of halogens is 3. The van der Waals surface area contributed by atoms with Crippen LogP contribution in [0, 0.1) is 36.0 Å². The number of phenolic OH excluding ortho intramolecular Hbond substituents is 1. The van der Waals surface area contributed by atoms with Crippen LogP contribution in [0.15, 0.2) is 69.1 Å². The maximum atomic E-state index is 15.3. The summed E-state index contributed by atoms with van der Waals surface area (Å²) in [6.07, 6.45) is 2.08. The molecular weight excluding hydrogens is 932 g/mol. The van der Waals surface area contributed by atoms with Crippen LogP contribution in [-0.2, 0) is 26.2 Å². The zero-order valence-electron chi connectivity index (χ0n) is 31.6. The number of benzene rings is 3. The van der Waals surface area contributed by atoms with Crippen molar-refractivity contribution in [3.63, 3.8) is 0 Å². The van der Waals surface area contributed by atoms with E-state index in [1.807, 2.05) is 31.2 Å². The van der Waals surface area contributed by atoms with Gasteiger partial charge < -0.3 is 20.1 Å². The number of aromatic hydroxyl groups is 2. The third-order valence-electron chi connectivity index (χ3n) is 12.7. The highest BCUT2D eigenvalue weighted by Crippen LogP contribution is 2.65. The number of allylic oxidation sites excluding steroid dienone is 2. The Hall–Kier alpha value is -5.03. The Morgan fingerprint density at radius 3 is 2.42 bits per heavy atom. The summed E-state index contributed by atoms with van der Waals surface area (Å²) in [4.78, 5) is 73.6. The number of aryl methyl sites for hydroxylation is 2. The van der Waals surface area contributed by atoms with E-state index in [0.29, 0.717) is 26.3 Å². The van der Waals surface area contributed by atoms with Gasteiger partial charge in [0.15, 0.2) is 11.5 Å². The van der Waals surface area contributed by atoms with Gasteiger partial charge in [0, 0.05) is 39.3 Å². The number of carbonyl (C=O) groups excluding carboxylic acids is 4. The molecule has 0 spiro atoms. The van der Waals surface area contributed by atoms with Crippen molar-refractivity contribution in [2.75, 3.05) is 16.9 Å². The molecule has 2 aromatic heterocycles. The van der Waals surface area contributed by atoms with Crippen molar-refractivity contribution in [3.8, 4) is 27.8 Å². The Balaban J connectivity index is 1.18. The van der Waals surface area contributed by atoms with Crippen molar-refractivity contribution < 1.29 is 44.0 Å². The molecule has 3 aromatic carbocycles. The lowest BCUT2D eigenvalue weighted by molar-refractivity contribution is -0.131. The Morgan fingerprint density at radius 2 is 1.73 bits per heavy atom. The molecular formula is C42H33Br2ClN4O9S. The average Bonchev–Trinajstić information content (AvgIpc) is 3.87. The minimum atomic E-state index is -1.44. The molecule has 4 heterocycles. The first-order valence-electron chi connectivity index (χ1n) is 18.5. The van der Waals surface area contributed by atoms with Crippen LogP contribution in [0.1, 0.15) is 47.2 Å². The van der Waals surface area contributed by atoms with Crippen LogP contribution in [0.3, 0.4) is 0 Å². The summed E-state index contributed by atoms with van der Waals surface area (Å²) < 4.78 is 8.75. The number of aromatic nitrogens is 2. The van der Waals surface area contributed by atoms with E-state index in [-0.39, 0.29) is 45.9 Å². The second-order valence-corrected chi connectivity index (χ2v) is 18.6. The van der Waals surface area contributed by atoms with E-state index in [1.165, 1.54) is 34.1 Å². The highest BCUT2D eigenvalue weighted by atomic mass is 79.9. The third kappa shape index (κ3) is 5.51. The number of aromatic carboxylic acids is 1. The fraction of sp³-hybridized carbons (Fsp3) is 0.286. The molecule has 6 atom stereocenters. The van der Waals surface area contributed by atoms with Gasteiger partial charge in [-0.2, -0.15) is 5.10 Å². The summed E-state index contributed by atoms with van der Waals surface area (Å²) >= 11 is 15.0. The number of thiophene rings is 1. The molecule has 4 amide bonds. The molecule has 0 radical (unpaired) electrons. The molecule has 2 saturated heterocycles. The number of methoxy groups -OCH3 is 1. The van der Waals surface area contributed by atoms with Crippen molar-refractivity contribution in [1.82, 2.24) is 9.78 Å². The van der Waals surface area contributed by atoms with Gasteiger partial charge in [0.2, 0.25) is 23.6 Å². The van der Waals surface area contributed by atoms with Crippen LogP contribution in [0.2, 0.25) is 5.02 Å². The number of hydrogen-bond donors (Lipinski definition) is 3. The average molecular weight is 965 g/mol. The van der Waals surface area contributed by atoms with Crippen molar-refractivity contribution in [2.24, 2.45) is 36.1 Å². The minimum absolute atomic E-state index is 0.0212. The number of nitrogens with zero attached hydrogens (tertiary/aromatic N) is 4. The topological polar surface area (TPSA) is 180 Å². The van der Waals surface area contributed by atoms with Crippen LogP contribution >= 0.6 is 54.8 Å². The quantitative estimate of drug-likeness (QED) is 0.111. The Bertz CT molecular complexity index is 2800. The summed E-state index contributed by atoms with van der Waals surface area (Å²) in [5.74, 6) is -8.12. The van der Waals surface area contributed by atoms with Gasteiger partial charge in [-0.05, 0) is 117 Å². The number of fused-ring (bicyclic) bond motifs is 5. The van der Waals surface area contributed by atoms with Crippen molar-refractivity contribution >= 4 is 106 Å². The number of ether oxygens (including phenoxy) is 1. The molecule has 5 aromatic rings. The van der Waals surface area contributed by atoms with E-state index in [4.69, 9.17) is 21.4 Å². The predicted molar refractivity (Wildman–Crippen MR) is 226 cm³/mol. The second-order valence-electron chi connectivity index (χ2n) is 15.5. The fourth-order valence-electron chi connectivity index (χ4n) is 9.86.